The normalized spacial score (nSPS) is 10.3. The Morgan fingerprint density at radius 2 is 1.74 bits per heavy atom. The molecule has 3 rings (SSSR count). The maximum atomic E-state index is 13.2. The molecule has 1 heterocycles. The standard InChI is InChI=1S/C18H15FN4O4/c1-27-18(26)21-14-5-3-2-4-12(14)16(24)22-23-17(25)15-9-10-8-11(19)6-7-13(10)20-15/h2-9,20H,1H3,(H,21,26)(H,22,24)(H,23,25). The molecule has 0 atom stereocenters. The summed E-state index contributed by atoms with van der Waals surface area (Å²) in [6.45, 7) is 0. The smallest absolute Gasteiger partial charge is 0.411 e. The van der Waals surface area contributed by atoms with E-state index in [4.69, 9.17) is 0 Å². The highest BCUT2D eigenvalue weighted by Crippen LogP contribution is 2.17. The Hall–Kier alpha value is -3.88. The molecule has 27 heavy (non-hydrogen) atoms. The number of hydrogen-bond acceptors (Lipinski definition) is 4. The van der Waals surface area contributed by atoms with Crippen LogP contribution in [0.3, 0.4) is 0 Å². The van der Waals surface area contributed by atoms with Crippen molar-refractivity contribution in [1.82, 2.24) is 15.8 Å². The first-order valence-electron chi connectivity index (χ1n) is 7.81. The van der Waals surface area contributed by atoms with Gasteiger partial charge in [-0.15, -0.1) is 0 Å². The summed E-state index contributed by atoms with van der Waals surface area (Å²) in [5.41, 5.74) is 5.60. The lowest BCUT2D eigenvalue weighted by Gasteiger charge is -2.11. The quantitative estimate of drug-likeness (QED) is 0.531. The first-order chi connectivity index (χ1) is 13.0. The molecule has 9 heteroatoms. The van der Waals surface area contributed by atoms with Crippen LogP contribution in [0.25, 0.3) is 10.9 Å². The summed E-state index contributed by atoms with van der Waals surface area (Å²) >= 11 is 0. The number of aromatic nitrogens is 1. The summed E-state index contributed by atoms with van der Waals surface area (Å²) in [5.74, 6) is -1.67. The van der Waals surface area contributed by atoms with Crippen molar-refractivity contribution >= 4 is 34.5 Å². The number of carbonyl (C=O) groups is 3. The van der Waals surface area contributed by atoms with Gasteiger partial charge in [0.05, 0.1) is 18.4 Å². The topological polar surface area (TPSA) is 112 Å². The molecule has 0 aliphatic heterocycles. The first kappa shape index (κ1) is 17.9. The van der Waals surface area contributed by atoms with Gasteiger partial charge in [0.15, 0.2) is 0 Å². The molecule has 3 aromatic rings. The fourth-order valence-corrected chi connectivity index (χ4v) is 2.43. The number of anilines is 1. The average molecular weight is 370 g/mol. The lowest BCUT2D eigenvalue weighted by atomic mass is 10.1. The molecule has 2 aromatic carbocycles. The number of methoxy groups -OCH3 is 1. The summed E-state index contributed by atoms with van der Waals surface area (Å²) in [4.78, 5) is 38.7. The number of H-pyrrole nitrogens is 1. The number of benzene rings is 2. The number of hydrogen-bond donors (Lipinski definition) is 4. The van der Waals surface area contributed by atoms with Crippen LogP contribution >= 0.6 is 0 Å². The molecular weight excluding hydrogens is 355 g/mol. The minimum Gasteiger partial charge on any atom is -0.453 e. The molecule has 1 aromatic heterocycles. The highest BCUT2D eigenvalue weighted by atomic mass is 19.1. The van der Waals surface area contributed by atoms with Crippen LogP contribution in [0.15, 0.2) is 48.5 Å². The zero-order valence-electron chi connectivity index (χ0n) is 14.1. The molecule has 0 aliphatic carbocycles. The van der Waals surface area contributed by atoms with Gasteiger partial charge in [-0.1, -0.05) is 12.1 Å². The number of fused-ring (bicyclic) bond motifs is 1. The second kappa shape index (κ2) is 7.56. The van der Waals surface area contributed by atoms with E-state index in [0.717, 1.165) is 0 Å². The molecule has 0 saturated heterocycles. The molecule has 0 radical (unpaired) electrons. The van der Waals surface area contributed by atoms with Crippen LogP contribution in [0, 0.1) is 5.82 Å². The second-order valence-electron chi connectivity index (χ2n) is 5.48. The molecule has 0 spiro atoms. The van der Waals surface area contributed by atoms with Crippen LogP contribution in [0.4, 0.5) is 14.9 Å². The number of ether oxygens (including phenoxy) is 1. The molecule has 0 unspecified atom stereocenters. The number of amides is 3. The molecular formula is C18H15FN4O4. The van der Waals surface area contributed by atoms with Gasteiger partial charge in [-0.2, -0.15) is 0 Å². The van der Waals surface area contributed by atoms with Gasteiger partial charge in [0.1, 0.15) is 11.5 Å². The number of halogens is 1. The van der Waals surface area contributed by atoms with Gasteiger partial charge < -0.3 is 9.72 Å². The van der Waals surface area contributed by atoms with Crippen LogP contribution in [-0.2, 0) is 4.74 Å². The van der Waals surface area contributed by atoms with Crippen molar-refractivity contribution < 1.29 is 23.5 Å². The number of nitrogens with one attached hydrogen (secondary N) is 4. The van der Waals surface area contributed by atoms with Crippen LogP contribution in [0.2, 0.25) is 0 Å². The van der Waals surface area contributed by atoms with E-state index in [1.807, 2.05) is 0 Å². The Bertz CT molecular complexity index is 1030. The van der Waals surface area contributed by atoms with E-state index < -0.39 is 23.7 Å². The van der Waals surface area contributed by atoms with Crippen LogP contribution in [-0.4, -0.2) is 30.0 Å². The highest BCUT2D eigenvalue weighted by Gasteiger charge is 2.15. The monoisotopic (exact) mass is 370 g/mol. The molecule has 3 amide bonds. The Balaban J connectivity index is 1.69. The lowest BCUT2D eigenvalue weighted by Crippen LogP contribution is -2.42. The Morgan fingerprint density at radius 1 is 1.00 bits per heavy atom. The largest absolute Gasteiger partial charge is 0.453 e. The van der Waals surface area contributed by atoms with Gasteiger partial charge in [-0.25, -0.2) is 9.18 Å². The molecule has 0 fully saturated rings. The third-order valence-corrected chi connectivity index (χ3v) is 3.71. The van der Waals surface area contributed by atoms with E-state index in [-0.39, 0.29) is 16.9 Å². The summed E-state index contributed by atoms with van der Waals surface area (Å²) in [6, 6.07) is 11.7. The van der Waals surface area contributed by atoms with Crippen LogP contribution < -0.4 is 16.2 Å². The van der Waals surface area contributed by atoms with E-state index in [9.17, 15) is 18.8 Å². The molecule has 138 valence electrons. The van der Waals surface area contributed by atoms with E-state index >= 15 is 0 Å². The van der Waals surface area contributed by atoms with E-state index in [1.165, 1.54) is 43.5 Å². The van der Waals surface area contributed by atoms with Gasteiger partial charge in [0, 0.05) is 10.9 Å². The van der Waals surface area contributed by atoms with E-state index in [0.29, 0.717) is 10.9 Å². The van der Waals surface area contributed by atoms with Crippen molar-refractivity contribution in [2.45, 2.75) is 0 Å². The Labute approximate surface area is 152 Å². The first-order valence-corrected chi connectivity index (χ1v) is 7.81. The Kier molecular flexibility index (Phi) is 5.02. The minimum atomic E-state index is -0.732. The molecule has 0 saturated carbocycles. The third-order valence-electron chi connectivity index (χ3n) is 3.71. The van der Waals surface area contributed by atoms with Crippen LogP contribution in [0.5, 0.6) is 0 Å². The second-order valence-corrected chi connectivity index (χ2v) is 5.48. The number of rotatable bonds is 3. The number of aromatic amines is 1. The van der Waals surface area contributed by atoms with Gasteiger partial charge in [-0.3, -0.25) is 25.8 Å². The number of carbonyl (C=O) groups excluding carboxylic acids is 3. The molecule has 4 N–H and O–H groups in total. The van der Waals surface area contributed by atoms with Gasteiger partial charge >= 0.3 is 6.09 Å². The van der Waals surface area contributed by atoms with E-state index in [1.54, 1.807) is 12.1 Å². The van der Waals surface area contributed by atoms with Crippen molar-refractivity contribution in [2.75, 3.05) is 12.4 Å². The fraction of sp³-hybridized carbons (Fsp3) is 0.0556. The minimum absolute atomic E-state index is 0.127. The maximum absolute atomic E-state index is 13.2. The van der Waals surface area contributed by atoms with Crippen molar-refractivity contribution in [3.8, 4) is 0 Å². The van der Waals surface area contributed by atoms with E-state index in [2.05, 4.69) is 25.9 Å². The number of hydrazine groups is 1. The SMILES string of the molecule is COC(=O)Nc1ccccc1C(=O)NNC(=O)c1cc2cc(F)ccc2[nH]1. The summed E-state index contributed by atoms with van der Waals surface area (Å²) in [5, 5.41) is 2.93. The maximum Gasteiger partial charge on any atom is 0.411 e. The van der Waals surface area contributed by atoms with Crippen LogP contribution in [0.1, 0.15) is 20.8 Å². The lowest BCUT2D eigenvalue weighted by molar-refractivity contribution is 0.0845. The van der Waals surface area contributed by atoms with Crippen molar-refractivity contribution in [3.63, 3.8) is 0 Å². The predicted octanol–water partition coefficient (Wildman–Crippen LogP) is 2.56. The van der Waals surface area contributed by atoms with Crippen molar-refractivity contribution in [1.29, 1.82) is 0 Å². The van der Waals surface area contributed by atoms with Gasteiger partial charge in [-0.05, 0) is 36.4 Å². The zero-order chi connectivity index (χ0) is 19.4. The third kappa shape index (κ3) is 4.03. The van der Waals surface area contributed by atoms with Crippen molar-refractivity contribution in [3.05, 3.63) is 65.6 Å². The van der Waals surface area contributed by atoms with Crippen molar-refractivity contribution in [2.24, 2.45) is 0 Å². The fourth-order valence-electron chi connectivity index (χ4n) is 2.43. The zero-order valence-corrected chi connectivity index (χ0v) is 14.1. The average Bonchev–Trinajstić information content (AvgIpc) is 3.09. The van der Waals surface area contributed by atoms with Gasteiger partial charge in [0.25, 0.3) is 11.8 Å². The molecule has 0 aliphatic rings. The highest BCUT2D eigenvalue weighted by molar-refractivity contribution is 6.04. The molecule has 8 nitrogen and oxygen atoms in total. The summed E-state index contributed by atoms with van der Waals surface area (Å²) in [7, 11) is 1.20. The molecule has 0 bridgehead atoms. The Morgan fingerprint density at radius 3 is 2.52 bits per heavy atom. The predicted molar refractivity (Wildman–Crippen MR) is 95.7 cm³/mol. The van der Waals surface area contributed by atoms with Gasteiger partial charge in [0.2, 0.25) is 0 Å². The summed E-state index contributed by atoms with van der Waals surface area (Å²) in [6.07, 6.45) is -0.732. The summed E-state index contributed by atoms with van der Waals surface area (Å²) < 4.78 is 17.7. The number of para-hydroxylation sites is 1.